The van der Waals surface area contributed by atoms with Crippen molar-refractivity contribution < 1.29 is 0 Å². The zero-order valence-electron chi connectivity index (χ0n) is 12.0. The highest BCUT2D eigenvalue weighted by atomic mass is 15.2. The summed E-state index contributed by atoms with van der Waals surface area (Å²) in [6.45, 7) is 5.41. The van der Waals surface area contributed by atoms with Crippen molar-refractivity contribution in [2.45, 2.75) is 19.4 Å². The summed E-state index contributed by atoms with van der Waals surface area (Å²) in [7, 11) is 4.28. The lowest BCUT2D eigenvalue weighted by Gasteiger charge is -2.31. The number of fused-ring (bicyclic) bond motifs is 1. The van der Waals surface area contributed by atoms with Crippen molar-refractivity contribution in [3.8, 4) is 0 Å². The topological polar surface area (TPSA) is 33.1 Å². The number of benzene rings is 1. The minimum absolute atomic E-state index is 0.426. The summed E-state index contributed by atoms with van der Waals surface area (Å²) in [6, 6.07) is 7.11. The third-order valence-corrected chi connectivity index (χ3v) is 4.09. The molecule has 0 radical (unpaired) electrons. The van der Waals surface area contributed by atoms with Gasteiger partial charge >= 0.3 is 0 Å². The SMILES string of the molecule is CCc1nc2cc(C3CN(C)CCN3)ccc2n1C. The summed E-state index contributed by atoms with van der Waals surface area (Å²) in [5, 5.41) is 3.59. The number of aromatic nitrogens is 2. The van der Waals surface area contributed by atoms with Crippen molar-refractivity contribution in [1.29, 1.82) is 0 Å². The van der Waals surface area contributed by atoms with E-state index in [2.05, 4.69) is 54.0 Å². The first-order valence-electron chi connectivity index (χ1n) is 7.06. The molecule has 1 aromatic heterocycles. The Kier molecular flexibility index (Phi) is 3.29. The van der Waals surface area contributed by atoms with E-state index in [0.29, 0.717) is 6.04 Å². The van der Waals surface area contributed by atoms with E-state index in [0.717, 1.165) is 37.4 Å². The molecule has 1 atom stereocenters. The Bertz CT molecular complexity index is 587. The molecule has 3 rings (SSSR count). The van der Waals surface area contributed by atoms with Crippen LogP contribution in [0.2, 0.25) is 0 Å². The van der Waals surface area contributed by atoms with Crippen LogP contribution in [0.5, 0.6) is 0 Å². The average Bonchev–Trinajstić information content (AvgIpc) is 2.75. The van der Waals surface area contributed by atoms with E-state index in [4.69, 9.17) is 4.98 Å². The molecular formula is C15H22N4. The Hall–Kier alpha value is -1.39. The van der Waals surface area contributed by atoms with Gasteiger partial charge in [-0.3, -0.25) is 0 Å². The Morgan fingerprint density at radius 2 is 2.21 bits per heavy atom. The molecule has 1 fully saturated rings. The number of rotatable bonds is 2. The summed E-state index contributed by atoms with van der Waals surface area (Å²) >= 11 is 0. The molecule has 19 heavy (non-hydrogen) atoms. The number of hydrogen-bond donors (Lipinski definition) is 1. The number of likely N-dealkylation sites (N-methyl/N-ethyl adjacent to an activating group) is 1. The maximum atomic E-state index is 4.73. The fourth-order valence-corrected chi connectivity index (χ4v) is 2.92. The van der Waals surface area contributed by atoms with Gasteiger partial charge in [-0.1, -0.05) is 13.0 Å². The van der Waals surface area contributed by atoms with Crippen molar-refractivity contribution in [2.75, 3.05) is 26.7 Å². The van der Waals surface area contributed by atoms with Gasteiger partial charge in [-0.15, -0.1) is 0 Å². The highest BCUT2D eigenvalue weighted by Crippen LogP contribution is 2.22. The molecule has 1 saturated heterocycles. The molecule has 0 bridgehead atoms. The van der Waals surface area contributed by atoms with Gasteiger partial charge in [-0.2, -0.15) is 0 Å². The lowest BCUT2D eigenvalue weighted by molar-refractivity contribution is 0.241. The van der Waals surface area contributed by atoms with E-state index in [-0.39, 0.29) is 0 Å². The van der Waals surface area contributed by atoms with Crippen LogP contribution >= 0.6 is 0 Å². The fraction of sp³-hybridized carbons (Fsp3) is 0.533. The van der Waals surface area contributed by atoms with Crippen LogP contribution < -0.4 is 5.32 Å². The number of nitrogens with one attached hydrogen (secondary N) is 1. The zero-order valence-corrected chi connectivity index (χ0v) is 12.0. The van der Waals surface area contributed by atoms with E-state index in [1.807, 2.05) is 0 Å². The molecule has 1 aliphatic rings. The lowest BCUT2D eigenvalue weighted by atomic mass is 10.0. The third-order valence-electron chi connectivity index (χ3n) is 4.09. The second-order valence-electron chi connectivity index (χ2n) is 5.46. The third kappa shape index (κ3) is 2.26. The van der Waals surface area contributed by atoms with Gasteiger partial charge in [0.2, 0.25) is 0 Å². The molecule has 1 unspecified atom stereocenters. The number of imidazole rings is 1. The van der Waals surface area contributed by atoms with Crippen LogP contribution in [0.3, 0.4) is 0 Å². The van der Waals surface area contributed by atoms with Crippen molar-refractivity contribution in [2.24, 2.45) is 7.05 Å². The molecule has 1 aliphatic heterocycles. The van der Waals surface area contributed by atoms with Crippen LogP contribution in [0.4, 0.5) is 0 Å². The summed E-state index contributed by atoms with van der Waals surface area (Å²) in [6.07, 6.45) is 0.977. The largest absolute Gasteiger partial charge is 0.331 e. The highest BCUT2D eigenvalue weighted by molar-refractivity contribution is 5.77. The summed E-state index contributed by atoms with van der Waals surface area (Å²) in [5.74, 6) is 1.15. The molecule has 102 valence electrons. The van der Waals surface area contributed by atoms with Crippen LogP contribution in [0.25, 0.3) is 11.0 Å². The maximum Gasteiger partial charge on any atom is 0.109 e. The van der Waals surface area contributed by atoms with E-state index in [9.17, 15) is 0 Å². The van der Waals surface area contributed by atoms with E-state index in [1.165, 1.54) is 11.1 Å². The fourth-order valence-electron chi connectivity index (χ4n) is 2.92. The second kappa shape index (κ2) is 4.94. The Labute approximate surface area is 114 Å². The summed E-state index contributed by atoms with van der Waals surface area (Å²) in [5.41, 5.74) is 3.69. The Morgan fingerprint density at radius 3 is 2.95 bits per heavy atom. The average molecular weight is 258 g/mol. The van der Waals surface area contributed by atoms with Gasteiger partial charge < -0.3 is 14.8 Å². The van der Waals surface area contributed by atoms with E-state index < -0.39 is 0 Å². The van der Waals surface area contributed by atoms with Gasteiger partial charge in [0.25, 0.3) is 0 Å². The molecule has 2 aromatic rings. The van der Waals surface area contributed by atoms with Gasteiger partial charge in [0.05, 0.1) is 11.0 Å². The molecule has 0 spiro atoms. The van der Waals surface area contributed by atoms with Crippen molar-refractivity contribution in [3.05, 3.63) is 29.6 Å². The molecule has 1 aromatic carbocycles. The molecule has 0 aliphatic carbocycles. The van der Waals surface area contributed by atoms with Crippen LogP contribution in [-0.4, -0.2) is 41.1 Å². The van der Waals surface area contributed by atoms with E-state index in [1.54, 1.807) is 0 Å². The molecule has 4 nitrogen and oxygen atoms in total. The molecule has 0 amide bonds. The van der Waals surface area contributed by atoms with Gasteiger partial charge in [0.1, 0.15) is 5.82 Å². The normalized spacial score (nSPS) is 21.1. The van der Waals surface area contributed by atoms with Crippen LogP contribution in [-0.2, 0) is 13.5 Å². The Balaban J connectivity index is 1.97. The molecular weight excluding hydrogens is 236 g/mol. The van der Waals surface area contributed by atoms with Crippen molar-refractivity contribution >= 4 is 11.0 Å². The molecule has 0 saturated carbocycles. The number of hydrogen-bond acceptors (Lipinski definition) is 3. The summed E-state index contributed by atoms with van der Waals surface area (Å²) in [4.78, 5) is 7.10. The second-order valence-corrected chi connectivity index (χ2v) is 5.46. The van der Waals surface area contributed by atoms with Gasteiger partial charge in [-0.25, -0.2) is 4.98 Å². The van der Waals surface area contributed by atoms with E-state index >= 15 is 0 Å². The summed E-state index contributed by atoms with van der Waals surface area (Å²) < 4.78 is 2.19. The minimum atomic E-state index is 0.426. The predicted molar refractivity (Wildman–Crippen MR) is 78.3 cm³/mol. The quantitative estimate of drug-likeness (QED) is 0.890. The minimum Gasteiger partial charge on any atom is -0.331 e. The standard InChI is InChI=1S/C15H22N4/c1-4-15-17-12-9-11(5-6-14(12)19(15)3)13-10-18(2)8-7-16-13/h5-6,9,13,16H,4,7-8,10H2,1-3H3. The number of nitrogens with zero attached hydrogens (tertiary/aromatic N) is 3. The molecule has 2 heterocycles. The smallest absolute Gasteiger partial charge is 0.109 e. The van der Waals surface area contributed by atoms with Crippen molar-refractivity contribution in [3.63, 3.8) is 0 Å². The van der Waals surface area contributed by atoms with Crippen LogP contribution in [0, 0.1) is 0 Å². The maximum absolute atomic E-state index is 4.73. The first-order valence-corrected chi connectivity index (χ1v) is 7.06. The van der Waals surface area contributed by atoms with Gasteiger partial charge in [-0.05, 0) is 24.7 Å². The number of aryl methyl sites for hydroxylation is 2. The zero-order chi connectivity index (χ0) is 13.4. The number of piperazine rings is 1. The van der Waals surface area contributed by atoms with Gasteiger partial charge in [0.15, 0.2) is 0 Å². The lowest BCUT2D eigenvalue weighted by Crippen LogP contribution is -2.43. The van der Waals surface area contributed by atoms with Crippen LogP contribution in [0.15, 0.2) is 18.2 Å². The Morgan fingerprint density at radius 1 is 1.37 bits per heavy atom. The van der Waals surface area contributed by atoms with Gasteiger partial charge in [0, 0.05) is 39.1 Å². The molecule has 1 N–H and O–H groups in total. The monoisotopic (exact) mass is 258 g/mol. The first kappa shape index (κ1) is 12.6. The van der Waals surface area contributed by atoms with Crippen molar-refractivity contribution in [1.82, 2.24) is 19.8 Å². The predicted octanol–water partition coefficient (Wildman–Crippen LogP) is 1.71. The first-order chi connectivity index (χ1) is 9.19. The van der Waals surface area contributed by atoms with Crippen LogP contribution in [0.1, 0.15) is 24.4 Å². The molecule has 4 heteroatoms. The highest BCUT2D eigenvalue weighted by Gasteiger charge is 2.19.